The van der Waals surface area contributed by atoms with Gasteiger partial charge in [-0.05, 0) is 50.5 Å². The van der Waals surface area contributed by atoms with E-state index in [1.165, 1.54) is 44.9 Å². The highest BCUT2D eigenvalue weighted by atomic mass is 16.7. The molecule has 3 nitrogen and oxygen atoms in total. The normalized spacial score (nSPS) is 36.4. The molecule has 3 aliphatic rings. The van der Waals surface area contributed by atoms with Crippen molar-refractivity contribution >= 4 is 0 Å². The first-order chi connectivity index (χ1) is 11.4. The monoisotopic (exact) mass is 337 g/mol. The molecule has 3 rings (SSSR count). The molecule has 1 heterocycles. The Morgan fingerprint density at radius 3 is 2.25 bits per heavy atom. The van der Waals surface area contributed by atoms with Crippen molar-refractivity contribution in [2.75, 3.05) is 20.2 Å². The number of rotatable bonds is 3. The summed E-state index contributed by atoms with van der Waals surface area (Å²) in [5, 5.41) is 0. The summed E-state index contributed by atoms with van der Waals surface area (Å²) in [5.74, 6) is 0.540. The van der Waals surface area contributed by atoms with Crippen LogP contribution in [0.2, 0.25) is 0 Å². The van der Waals surface area contributed by atoms with Crippen LogP contribution in [0.1, 0.15) is 85.0 Å². The Morgan fingerprint density at radius 2 is 1.62 bits per heavy atom. The Bertz CT molecular complexity index is 389. The van der Waals surface area contributed by atoms with E-state index in [-0.39, 0.29) is 5.79 Å². The van der Waals surface area contributed by atoms with E-state index in [4.69, 9.17) is 9.47 Å². The van der Waals surface area contributed by atoms with Gasteiger partial charge in [-0.2, -0.15) is 0 Å². The number of hydrogen-bond donors (Lipinski definition) is 0. The van der Waals surface area contributed by atoms with Crippen molar-refractivity contribution in [3.63, 3.8) is 0 Å². The molecule has 0 N–H and O–H groups in total. The van der Waals surface area contributed by atoms with Gasteiger partial charge in [0.15, 0.2) is 5.79 Å². The van der Waals surface area contributed by atoms with Gasteiger partial charge in [-0.3, -0.25) is 0 Å². The lowest BCUT2D eigenvalue weighted by atomic mass is 9.71. The maximum absolute atomic E-state index is 6.57. The van der Waals surface area contributed by atoms with Gasteiger partial charge in [0.05, 0.1) is 12.7 Å². The maximum atomic E-state index is 6.57. The zero-order valence-electron chi connectivity index (χ0n) is 16.5. The second-order valence-corrected chi connectivity index (χ2v) is 9.66. The number of nitrogens with zero attached hydrogens (tertiary/aromatic N) is 1. The van der Waals surface area contributed by atoms with Crippen LogP contribution in [0.25, 0.3) is 0 Å². The molecule has 1 saturated heterocycles. The molecule has 1 atom stereocenters. The zero-order valence-corrected chi connectivity index (χ0v) is 16.5. The second-order valence-electron chi connectivity index (χ2n) is 9.66. The number of ether oxygens (including phenoxy) is 2. The minimum Gasteiger partial charge on any atom is -0.350 e. The van der Waals surface area contributed by atoms with Crippen molar-refractivity contribution < 1.29 is 9.47 Å². The summed E-state index contributed by atoms with van der Waals surface area (Å²) >= 11 is 0. The number of hydrogen-bond acceptors (Lipinski definition) is 3. The maximum Gasteiger partial charge on any atom is 0.168 e. The average molecular weight is 338 g/mol. The van der Waals surface area contributed by atoms with Crippen LogP contribution in [-0.4, -0.2) is 43.0 Å². The molecule has 3 heteroatoms. The van der Waals surface area contributed by atoms with E-state index in [1.54, 1.807) is 0 Å². The molecule has 0 bridgehead atoms. The van der Waals surface area contributed by atoms with Crippen molar-refractivity contribution in [1.29, 1.82) is 0 Å². The Balaban J connectivity index is 1.51. The molecule has 2 saturated carbocycles. The third-order valence-corrected chi connectivity index (χ3v) is 6.85. The van der Waals surface area contributed by atoms with E-state index in [1.807, 2.05) is 0 Å². The summed E-state index contributed by atoms with van der Waals surface area (Å²) in [4.78, 5) is 2.57. The van der Waals surface area contributed by atoms with Crippen LogP contribution in [0.4, 0.5) is 0 Å². The topological polar surface area (TPSA) is 21.7 Å². The highest BCUT2D eigenvalue weighted by molar-refractivity contribution is 4.88. The van der Waals surface area contributed by atoms with Crippen LogP contribution in [0, 0.1) is 11.3 Å². The molecular formula is C21H39NO2. The third-order valence-electron chi connectivity index (χ3n) is 6.85. The molecule has 140 valence electrons. The lowest BCUT2D eigenvalue weighted by molar-refractivity contribution is -0.311. The predicted octanol–water partition coefficient (Wildman–Crippen LogP) is 4.99. The molecule has 0 aromatic rings. The lowest BCUT2D eigenvalue weighted by Gasteiger charge is -2.48. The van der Waals surface area contributed by atoms with E-state index >= 15 is 0 Å². The summed E-state index contributed by atoms with van der Waals surface area (Å²) < 4.78 is 12.8. The highest BCUT2D eigenvalue weighted by Crippen LogP contribution is 2.45. The van der Waals surface area contributed by atoms with Gasteiger partial charge in [0.2, 0.25) is 0 Å². The molecule has 1 unspecified atom stereocenters. The van der Waals surface area contributed by atoms with E-state index in [9.17, 15) is 0 Å². The van der Waals surface area contributed by atoms with Crippen LogP contribution in [0.3, 0.4) is 0 Å². The van der Waals surface area contributed by atoms with Gasteiger partial charge >= 0.3 is 0 Å². The minimum atomic E-state index is -0.266. The summed E-state index contributed by atoms with van der Waals surface area (Å²) in [5.41, 5.74) is 0.414. The fraction of sp³-hybridized carbons (Fsp3) is 1.00. The third kappa shape index (κ3) is 4.53. The van der Waals surface area contributed by atoms with Gasteiger partial charge in [0.25, 0.3) is 0 Å². The van der Waals surface area contributed by atoms with Crippen LogP contribution in [0.15, 0.2) is 0 Å². The summed E-state index contributed by atoms with van der Waals surface area (Å²) in [6.07, 6.45) is 13.1. The van der Waals surface area contributed by atoms with Crippen molar-refractivity contribution in [3.05, 3.63) is 0 Å². The van der Waals surface area contributed by atoms with Gasteiger partial charge in [-0.1, -0.05) is 40.0 Å². The highest BCUT2D eigenvalue weighted by Gasteiger charge is 2.44. The fourth-order valence-electron chi connectivity index (χ4n) is 5.08. The largest absolute Gasteiger partial charge is 0.350 e. The van der Waals surface area contributed by atoms with E-state index < -0.39 is 0 Å². The molecule has 0 amide bonds. The van der Waals surface area contributed by atoms with Crippen LogP contribution in [-0.2, 0) is 9.47 Å². The summed E-state index contributed by atoms with van der Waals surface area (Å²) in [7, 11) is 2.30. The molecule has 3 fully saturated rings. The lowest BCUT2D eigenvalue weighted by Crippen LogP contribution is -2.51. The first-order valence-electron chi connectivity index (χ1n) is 10.4. The SMILES string of the molecule is CN(CC1CCOC2(CCC(C(C)(C)C)CC2)O1)C1CCCCC1. The Kier molecular flexibility index (Phi) is 5.94. The fourth-order valence-corrected chi connectivity index (χ4v) is 5.08. The first-order valence-corrected chi connectivity index (χ1v) is 10.4. The van der Waals surface area contributed by atoms with Crippen molar-refractivity contribution in [2.24, 2.45) is 11.3 Å². The van der Waals surface area contributed by atoms with Crippen molar-refractivity contribution in [1.82, 2.24) is 4.90 Å². The second kappa shape index (κ2) is 7.63. The first kappa shape index (κ1) is 18.7. The Morgan fingerprint density at radius 1 is 0.958 bits per heavy atom. The van der Waals surface area contributed by atoms with Gasteiger partial charge in [-0.25, -0.2) is 0 Å². The minimum absolute atomic E-state index is 0.266. The van der Waals surface area contributed by atoms with Crippen molar-refractivity contribution in [2.45, 2.75) is 103 Å². The number of likely N-dealkylation sites (N-methyl/N-ethyl adjacent to an activating group) is 1. The average Bonchev–Trinajstić information content (AvgIpc) is 2.55. The van der Waals surface area contributed by atoms with E-state index in [2.05, 4.69) is 32.7 Å². The smallest absolute Gasteiger partial charge is 0.168 e. The zero-order chi connectivity index (χ0) is 17.2. The summed E-state index contributed by atoms with van der Waals surface area (Å²) in [6.45, 7) is 9.09. The quantitative estimate of drug-likeness (QED) is 0.724. The van der Waals surface area contributed by atoms with Gasteiger partial charge < -0.3 is 14.4 Å². The van der Waals surface area contributed by atoms with E-state index in [0.29, 0.717) is 11.5 Å². The molecule has 1 spiro atoms. The van der Waals surface area contributed by atoms with Crippen LogP contribution in [0.5, 0.6) is 0 Å². The van der Waals surface area contributed by atoms with Gasteiger partial charge in [0.1, 0.15) is 0 Å². The van der Waals surface area contributed by atoms with Crippen molar-refractivity contribution in [3.8, 4) is 0 Å². The van der Waals surface area contributed by atoms with Gasteiger partial charge in [0, 0.05) is 25.4 Å². The standard InChI is InChI=1S/C21H39NO2/c1-20(2,3)17-10-13-21(14-11-17)23-15-12-19(24-21)16-22(4)18-8-6-5-7-9-18/h17-19H,5-16H2,1-4H3. The molecule has 0 aromatic heterocycles. The molecule has 1 aliphatic heterocycles. The predicted molar refractivity (Wildman–Crippen MR) is 99.1 cm³/mol. The van der Waals surface area contributed by atoms with Crippen LogP contribution >= 0.6 is 0 Å². The Hall–Kier alpha value is -0.120. The van der Waals surface area contributed by atoms with Crippen LogP contribution < -0.4 is 0 Å². The molecule has 0 aromatic carbocycles. The Labute approximate surface area is 149 Å². The molecule has 2 aliphatic carbocycles. The molecule has 24 heavy (non-hydrogen) atoms. The summed E-state index contributed by atoms with van der Waals surface area (Å²) in [6, 6.07) is 0.776. The van der Waals surface area contributed by atoms with Gasteiger partial charge in [-0.15, -0.1) is 0 Å². The molecular weight excluding hydrogens is 298 g/mol. The molecule has 0 radical (unpaired) electrons. The van der Waals surface area contributed by atoms with E-state index in [0.717, 1.165) is 44.4 Å².